The second-order valence-corrected chi connectivity index (χ2v) is 9.55. The van der Waals surface area contributed by atoms with Gasteiger partial charge in [-0.05, 0) is 63.3 Å². The lowest BCUT2D eigenvalue weighted by atomic mass is 10.1. The molecule has 1 aromatic heterocycles. The maximum absolute atomic E-state index is 13.4. The summed E-state index contributed by atoms with van der Waals surface area (Å²) >= 11 is 0. The minimum absolute atomic E-state index is 0.00565. The number of aromatic nitrogens is 1. The highest BCUT2D eigenvalue weighted by Crippen LogP contribution is 2.17. The predicted octanol–water partition coefficient (Wildman–Crippen LogP) is 5.26. The third kappa shape index (κ3) is 6.98. The number of amides is 2. The van der Waals surface area contributed by atoms with Crippen LogP contribution < -0.4 is 0 Å². The standard InChI is InChI=1S/C27H41N3O2/c1-8-23(7)30(27(32)19-29(21(4)5)26(31)16-20(2)3)18-25-14-11-15-28(25)17-24-13-10-9-12-22(24)6/h9-15,20-21,23H,8,16-19H2,1-7H3. The van der Waals surface area contributed by atoms with Gasteiger partial charge in [-0.3, -0.25) is 9.59 Å². The van der Waals surface area contributed by atoms with E-state index in [4.69, 9.17) is 0 Å². The molecule has 1 aromatic carbocycles. The molecule has 0 spiro atoms. The van der Waals surface area contributed by atoms with Gasteiger partial charge in [0.25, 0.3) is 0 Å². The first-order chi connectivity index (χ1) is 15.1. The number of rotatable bonds is 11. The van der Waals surface area contributed by atoms with E-state index in [0.29, 0.717) is 13.0 Å². The Labute approximate surface area is 194 Å². The zero-order valence-electron chi connectivity index (χ0n) is 21.0. The van der Waals surface area contributed by atoms with E-state index in [1.165, 1.54) is 11.1 Å². The summed E-state index contributed by atoms with van der Waals surface area (Å²) in [6.07, 6.45) is 3.41. The summed E-state index contributed by atoms with van der Waals surface area (Å²) in [5.41, 5.74) is 3.64. The highest BCUT2D eigenvalue weighted by molar-refractivity contribution is 5.85. The van der Waals surface area contributed by atoms with E-state index >= 15 is 0 Å². The largest absolute Gasteiger partial charge is 0.345 e. The van der Waals surface area contributed by atoms with E-state index in [1.807, 2.05) is 38.7 Å². The average molecular weight is 440 g/mol. The molecule has 0 radical (unpaired) electrons. The van der Waals surface area contributed by atoms with Crippen LogP contribution in [0.2, 0.25) is 0 Å². The molecule has 0 N–H and O–H groups in total. The summed E-state index contributed by atoms with van der Waals surface area (Å²) < 4.78 is 2.22. The van der Waals surface area contributed by atoms with Gasteiger partial charge in [0.05, 0.1) is 13.1 Å². The second-order valence-electron chi connectivity index (χ2n) is 9.55. The molecule has 2 rings (SSSR count). The Hall–Kier alpha value is -2.56. The molecule has 0 aliphatic heterocycles. The van der Waals surface area contributed by atoms with E-state index in [2.05, 4.69) is 61.9 Å². The Morgan fingerprint density at radius 3 is 2.22 bits per heavy atom. The fourth-order valence-electron chi connectivity index (χ4n) is 3.86. The van der Waals surface area contributed by atoms with E-state index in [9.17, 15) is 9.59 Å². The molecule has 0 aliphatic carbocycles. The molecule has 0 saturated carbocycles. The number of aryl methyl sites for hydroxylation is 1. The van der Waals surface area contributed by atoms with Crippen molar-refractivity contribution >= 4 is 11.8 Å². The zero-order valence-corrected chi connectivity index (χ0v) is 21.0. The van der Waals surface area contributed by atoms with Gasteiger partial charge < -0.3 is 14.4 Å². The van der Waals surface area contributed by atoms with E-state index < -0.39 is 0 Å². The van der Waals surface area contributed by atoms with Crippen LogP contribution in [0.5, 0.6) is 0 Å². The van der Waals surface area contributed by atoms with Crippen LogP contribution in [0.15, 0.2) is 42.6 Å². The topological polar surface area (TPSA) is 45.6 Å². The lowest BCUT2D eigenvalue weighted by Gasteiger charge is -2.33. The average Bonchev–Trinajstić information content (AvgIpc) is 3.17. The first kappa shape index (κ1) is 25.7. The molecule has 1 heterocycles. The van der Waals surface area contributed by atoms with Gasteiger partial charge >= 0.3 is 0 Å². The van der Waals surface area contributed by atoms with Crippen LogP contribution in [0.3, 0.4) is 0 Å². The minimum Gasteiger partial charge on any atom is -0.345 e. The number of nitrogens with zero attached hydrogens (tertiary/aromatic N) is 3. The van der Waals surface area contributed by atoms with Gasteiger partial charge in [-0.1, -0.05) is 45.0 Å². The van der Waals surface area contributed by atoms with Crippen molar-refractivity contribution in [2.45, 2.75) is 86.5 Å². The van der Waals surface area contributed by atoms with Gasteiger partial charge in [-0.2, -0.15) is 0 Å². The third-order valence-corrected chi connectivity index (χ3v) is 6.13. The van der Waals surface area contributed by atoms with E-state index in [-0.39, 0.29) is 36.4 Å². The van der Waals surface area contributed by atoms with Gasteiger partial charge in [0.15, 0.2) is 0 Å². The van der Waals surface area contributed by atoms with Gasteiger partial charge in [0.2, 0.25) is 11.8 Å². The van der Waals surface area contributed by atoms with Crippen molar-refractivity contribution < 1.29 is 9.59 Å². The maximum Gasteiger partial charge on any atom is 0.242 e. The lowest BCUT2D eigenvalue weighted by molar-refractivity contribution is -0.144. The first-order valence-corrected chi connectivity index (χ1v) is 11.9. The molecule has 1 atom stereocenters. The van der Waals surface area contributed by atoms with Gasteiger partial charge in [0.1, 0.15) is 0 Å². The fraction of sp³-hybridized carbons (Fsp3) is 0.556. The Morgan fingerprint density at radius 2 is 1.62 bits per heavy atom. The van der Waals surface area contributed by atoms with Crippen molar-refractivity contribution in [1.29, 1.82) is 0 Å². The van der Waals surface area contributed by atoms with Crippen LogP contribution in [-0.2, 0) is 22.7 Å². The number of hydrogen-bond acceptors (Lipinski definition) is 2. The second kappa shape index (κ2) is 11.9. The number of benzene rings is 1. The van der Waals surface area contributed by atoms with Crippen LogP contribution in [0, 0.1) is 12.8 Å². The summed E-state index contributed by atoms with van der Waals surface area (Å²) in [5, 5.41) is 0. The van der Waals surface area contributed by atoms with Crippen molar-refractivity contribution in [2.24, 2.45) is 5.92 Å². The fourth-order valence-corrected chi connectivity index (χ4v) is 3.86. The van der Waals surface area contributed by atoms with Gasteiger partial charge in [0, 0.05) is 36.9 Å². The highest BCUT2D eigenvalue weighted by atomic mass is 16.2. The van der Waals surface area contributed by atoms with Crippen LogP contribution >= 0.6 is 0 Å². The Morgan fingerprint density at radius 1 is 0.938 bits per heavy atom. The minimum atomic E-state index is -0.00565. The van der Waals surface area contributed by atoms with Gasteiger partial charge in [-0.15, -0.1) is 0 Å². The Bertz CT molecular complexity index is 885. The summed E-state index contributed by atoms with van der Waals surface area (Å²) in [4.78, 5) is 29.8. The molecular weight excluding hydrogens is 398 g/mol. The van der Waals surface area contributed by atoms with Crippen molar-refractivity contribution in [3.8, 4) is 0 Å². The summed E-state index contributed by atoms with van der Waals surface area (Å²) in [7, 11) is 0. The molecule has 0 saturated heterocycles. The smallest absolute Gasteiger partial charge is 0.242 e. The van der Waals surface area contributed by atoms with Gasteiger partial charge in [-0.25, -0.2) is 0 Å². The molecule has 0 aliphatic rings. The van der Waals surface area contributed by atoms with Crippen LogP contribution in [0.25, 0.3) is 0 Å². The highest BCUT2D eigenvalue weighted by Gasteiger charge is 2.26. The molecule has 5 heteroatoms. The molecule has 5 nitrogen and oxygen atoms in total. The number of carbonyl (C=O) groups is 2. The number of hydrogen-bond donors (Lipinski definition) is 0. The van der Waals surface area contributed by atoms with Crippen LogP contribution in [0.4, 0.5) is 0 Å². The molecule has 32 heavy (non-hydrogen) atoms. The van der Waals surface area contributed by atoms with Crippen LogP contribution in [0.1, 0.15) is 71.2 Å². The molecule has 2 aromatic rings. The summed E-state index contributed by atoms with van der Waals surface area (Å²) in [6.45, 7) is 15.8. The van der Waals surface area contributed by atoms with E-state index in [1.54, 1.807) is 4.90 Å². The molecule has 2 amide bonds. The third-order valence-electron chi connectivity index (χ3n) is 6.13. The normalized spacial score (nSPS) is 12.3. The van der Waals surface area contributed by atoms with Crippen molar-refractivity contribution in [2.75, 3.05) is 6.54 Å². The summed E-state index contributed by atoms with van der Waals surface area (Å²) in [6, 6.07) is 12.6. The van der Waals surface area contributed by atoms with Crippen LogP contribution in [-0.4, -0.2) is 44.8 Å². The first-order valence-electron chi connectivity index (χ1n) is 11.9. The summed E-state index contributed by atoms with van der Waals surface area (Å²) in [5.74, 6) is 0.332. The van der Waals surface area contributed by atoms with E-state index in [0.717, 1.165) is 18.7 Å². The quantitative estimate of drug-likeness (QED) is 0.480. The monoisotopic (exact) mass is 439 g/mol. The maximum atomic E-state index is 13.4. The lowest BCUT2D eigenvalue weighted by Crippen LogP contribution is -2.48. The molecular formula is C27H41N3O2. The van der Waals surface area contributed by atoms with Crippen molar-refractivity contribution in [3.63, 3.8) is 0 Å². The molecule has 176 valence electrons. The van der Waals surface area contributed by atoms with Crippen molar-refractivity contribution in [3.05, 3.63) is 59.4 Å². The Kier molecular flexibility index (Phi) is 9.55. The van der Waals surface area contributed by atoms with Crippen molar-refractivity contribution in [1.82, 2.24) is 14.4 Å². The molecule has 0 fully saturated rings. The molecule has 1 unspecified atom stereocenters. The Balaban J connectivity index is 2.21. The number of carbonyl (C=O) groups excluding carboxylic acids is 2. The zero-order chi connectivity index (χ0) is 23.8. The molecule has 0 bridgehead atoms. The predicted molar refractivity (Wildman–Crippen MR) is 131 cm³/mol. The SMILES string of the molecule is CCC(C)N(Cc1cccn1Cc1ccccc1C)C(=O)CN(C(=O)CC(C)C)C(C)C.